The molecule has 5 rings (SSSR count). The quantitative estimate of drug-likeness (QED) is 0.348. The second-order valence-electron chi connectivity index (χ2n) is 9.42. The lowest BCUT2D eigenvalue weighted by molar-refractivity contribution is -0.150. The van der Waals surface area contributed by atoms with E-state index in [1.165, 1.54) is 0 Å². The minimum atomic E-state index is -2.70. The van der Waals surface area contributed by atoms with Gasteiger partial charge in [-0.15, -0.1) is 0 Å². The Morgan fingerprint density at radius 3 is 2.50 bits per heavy atom. The molecule has 0 aliphatic heterocycles. The Labute approximate surface area is 193 Å². The molecule has 34 heavy (non-hydrogen) atoms. The number of halogens is 1. The normalized spacial score (nSPS) is 30.1. The molecule has 1 saturated carbocycles. The van der Waals surface area contributed by atoms with E-state index in [1.54, 1.807) is 6.92 Å². The van der Waals surface area contributed by atoms with Gasteiger partial charge in [0.05, 0.1) is 11.6 Å². The Bertz CT molecular complexity index is 1250. The molecule has 0 heterocycles. The number of aromatic hydroxyl groups is 1. The van der Waals surface area contributed by atoms with Crippen molar-refractivity contribution < 1.29 is 39.2 Å². The van der Waals surface area contributed by atoms with Crippen LogP contribution >= 0.6 is 0 Å². The summed E-state index contributed by atoms with van der Waals surface area (Å²) in [5.74, 6) is -7.86. The van der Waals surface area contributed by atoms with Crippen LogP contribution in [0.15, 0.2) is 16.9 Å². The van der Waals surface area contributed by atoms with Gasteiger partial charge in [0, 0.05) is 22.6 Å². The van der Waals surface area contributed by atoms with Crippen LogP contribution in [0.4, 0.5) is 4.39 Å². The number of carbonyl (C=O) groups is 3. The number of likely N-dealkylation sites (N-methyl/N-ethyl adjacent to an activating group) is 1. The van der Waals surface area contributed by atoms with E-state index in [2.05, 4.69) is 5.32 Å². The summed E-state index contributed by atoms with van der Waals surface area (Å²) in [6.07, 6.45) is 1.41. The summed E-state index contributed by atoms with van der Waals surface area (Å²) in [7, 11) is 0. The third-order valence-electron chi connectivity index (χ3n) is 7.79. The van der Waals surface area contributed by atoms with Gasteiger partial charge in [-0.2, -0.15) is 0 Å². The minimum absolute atomic E-state index is 0.0418. The van der Waals surface area contributed by atoms with Crippen molar-refractivity contribution in [2.24, 2.45) is 17.6 Å². The molecular weight excluding hydrogens is 447 g/mol. The predicted molar refractivity (Wildman–Crippen MR) is 116 cm³/mol. The zero-order valence-corrected chi connectivity index (χ0v) is 18.4. The number of nitrogens with two attached hydrogens (primary N) is 1. The SMILES string of the molecule is CCN[C@@H]1C(=O)C(C(N)=O)=C(O)[C@@]2(O)C(=O)C3=C(O)c4c(O)c5c(c(F)c4C[C@H]3C[C@@H]12)CCC5. The monoisotopic (exact) mass is 472 g/mol. The lowest BCUT2D eigenvalue weighted by Crippen LogP contribution is -2.66. The fraction of sp³-hybridized carbons (Fsp3) is 0.458. The third kappa shape index (κ3) is 2.63. The van der Waals surface area contributed by atoms with Crippen LogP contribution < -0.4 is 11.1 Å². The summed E-state index contributed by atoms with van der Waals surface area (Å²) in [6.45, 7) is 1.94. The van der Waals surface area contributed by atoms with Gasteiger partial charge in [-0.05, 0) is 50.1 Å². The first-order chi connectivity index (χ1) is 16.0. The Morgan fingerprint density at radius 1 is 1.18 bits per heavy atom. The number of hydrogen-bond acceptors (Lipinski definition) is 8. The molecule has 0 aromatic heterocycles. The van der Waals surface area contributed by atoms with Gasteiger partial charge in [0.1, 0.15) is 28.7 Å². The molecule has 1 fully saturated rings. The van der Waals surface area contributed by atoms with E-state index in [-0.39, 0.29) is 41.8 Å². The van der Waals surface area contributed by atoms with E-state index in [4.69, 9.17) is 5.73 Å². The van der Waals surface area contributed by atoms with Gasteiger partial charge < -0.3 is 31.5 Å². The molecule has 0 spiro atoms. The molecule has 0 unspecified atom stereocenters. The summed E-state index contributed by atoms with van der Waals surface area (Å²) < 4.78 is 15.4. The van der Waals surface area contributed by atoms with Crippen molar-refractivity contribution in [3.63, 3.8) is 0 Å². The van der Waals surface area contributed by atoms with Crippen molar-refractivity contribution in [3.05, 3.63) is 45.0 Å². The Morgan fingerprint density at radius 2 is 1.85 bits per heavy atom. The number of nitrogens with one attached hydrogen (secondary N) is 1. The lowest BCUT2D eigenvalue weighted by atomic mass is 9.57. The number of aliphatic hydroxyl groups excluding tert-OH is 2. The minimum Gasteiger partial charge on any atom is -0.508 e. The van der Waals surface area contributed by atoms with Crippen LogP contribution in [-0.2, 0) is 33.6 Å². The molecule has 9 nitrogen and oxygen atoms in total. The maximum absolute atomic E-state index is 15.4. The van der Waals surface area contributed by atoms with Crippen molar-refractivity contribution >= 4 is 23.2 Å². The Kier molecular flexibility index (Phi) is 4.89. The topological polar surface area (TPSA) is 170 Å². The average Bonchev–Trinajstić information content (AvgIpc) is 3.27. The van der Waals surface area contributed by atoms with Gasteiger partial charge in [0.2, 0.25) is 5.78 Å². The van der Waals surface area contributed by atoms with Gasteiger partial charge >= 0.3 is 0 Å². The van der Waals surface area contributed by atoms with Crippen molar-refractivity contribution in [1.29, 1.82) is 0 Å². The number of primary amides is 1. The number of ketones is 2. The van der Waals surface area contributed by atoms with Crippen LogP contribution in [-0.4, -0.2) is 56.1 Å². The maximum Gasteiger partial charge on any atom is 0.255 e. The van der Waals surface area contributed by atoms with Crippen LogP contribution in [0.5, 0.6) is 5.75 Å². The zero-order valence-electron chi connectivity index (χ0n) is 18.4. The van der Waals surface area contributed by atoms with Gasteiger partial charge in [0.25, 0.3) is 5.91 Å². The van der Waals surface area contributed by atoms with E-state index >= 15 is 4.39 Å². The number of rotatable bonds is 3. The number of Topliss-reactive ketones (excluding diaryl/α,β-unsaturated/α-hetero) is 2. The molecule has 10 heteroatoms. The number of benzene rings is 1. The van der Waals surface area contributed by atoms with E-state index in [0.29, 0.717) is 30.4 Å². The molecule has 7 N–H and O–H groups in total. The number of carbonyl (C=O) groups excluding carboxylic acids is 3. The smallest absolute Gasteiger partial charge is 0.255 e. The zero-order chi connectivity index (χ0) is 24.7. The number of fused-ring (bicyclic) bond motifs is 4. The van der Waals surface area contributed by atoms with E-state index in [0.717, 1.165) is 0 Å². The number of phenolic OH excluding ortho intramolecular Hbond substituents is 1. The Hall–Kier alpha value is -3.24. The van der Waals surface area contributed by atoms with Crippen molar-refractivity contribution in [1.82, 2.24) is 5.32 Å². The molecule has 0 radical (unpaired) electrons. The second-order valence-corrected chi connectivity index (χ2v) is 9.42. The molecule has 180 valence electrons. The Balaban J connectivity index is 1.74. The fourth-order valence-electron chi connectivity index (χ4n) is 6.30. The number of hydrogen-bond donors (Lipinski definition) is 6. The second kappa shape index (κ2) is 7.38. The third-order valence-corrected chi connectivity index (χ3v) is 7.79. The van der Waals surface area contributed by atoms with Crippen molar-refractivity contribution in [2.45, 2.75) is 50.7 Å². The number of amides is 1. The van der Waals surface area contributed by atoms with E-state index in [9.17, 15) is 34.8 Å². The standard InChI is InChI=1S/C24H25FN2O7/c1-2-27-17-12-7-8-6-11-14(18(28)10-5-3-4-9(10)16(11)25)19(29)13(8)21(31)24(12,34)22(32)15(20(17)30)23(26)33/h8,12,17,27-29,32,34H,2-7H2,1H3,(H2,26,33)/t8-,12-,17-,24-/m0/s1. The van der Waals surface area contributed by atoms with E-state index in [1.807, 2.05) is 0 Å². The van der Waals surface area contributed by atoms with Crippen LogP contribution in [0.2, 0.25) is 0 Å². The highest BCUT2D eigenvalue weighted by Crippen LogP contribution is 2.53. The molecule has 1 aromatic carbocycles. The highest BCUT2D eigenvalue weighted by atomic mass is 19.1. The molecule has 1 amide bonds. The molecule has 4 aliphatic rings. The summed E-state index contributed by atoms with van der Waals surface area (Å²) in [5, 5.41) is 47.1. The molecule has 0 saturated heterocycles. The first-order valence-electron chi connectivity index (χ1n) is 11.3. The van der Waals surface area contributed by atoms with Gasteiger partial charge in [-0.25, -0.2) is 4.39 Å². The van der Waals surface area contributed by atoms with Crippen molar-refractivity contribution in [3.8, 4) is 5.75 Å². The number of phenols is 1. The summed E-state index contributed by atoms with van der Waals surface area (Å²) in [4.78, 5) is 38.6. The molecule has 4 atom stereocenters. The largest absolute Gasteiger partial charge is 0.508 e. The highest BCUT2D eigenvalue weighted by molar-refractivity contribution is 6.24. The molecule has 1 aromatic rings. The first kappa shape index (κ1) is 22.5. The van der Waals surface area contributed by atoms with Crippen LogP contribution in [0.25, 0.3) is 5.76 Å². The number of aliphatic hydroxyl groups is 3. The highest BCUT2D eigenvalue weighted by Gasteiger charge is 2.63. The summed E-state index contributed by atoms with van der Waals surface area (Å²) in [5.41, 5.74) is 2.11. The van der Waals surface area contributed by atoms with Gasteiger partial charge in [-0.3, -0.25) is 14.4 Å². The van der Waals surface area contributed by atoms with Gasteiger partial charge in [0.15, 0.2) is 11.4 Å². The maximum atomic E-state index is 15.4. The summed E-state index contributed by atoms with van der Waals surface area (Å²) in [6, 6.07) is -1.21. The lowest BCUT2D eigenvalue weighted by Gasteiger charge is -2.49. The predicted octanol–water partition coefficient (Wildman–Crippen LogP) is 0.640. The van der Waals surface area contributed by atoms with E-state index < -0.39 is 63.9 Å². The van der Waals surface area contributed by atoms with Gasteiger partial charge in [-0.1, -0.05) is 6.92 Å². The van der Waals surface area contributed by atoms with Crippen LogP contribution in [0.3, 0.4) is 0 Å². The summed E-state index contributed by atoms with van der Waals surface area (Å²) >= 11 is 0. The first-order valence-corrected chi connectivity index (χ1v) is 11.3. The molecular formula is C24H25FN2O7. The average molecular weight is 472 g/mol. The molecule has 0 bridgehead atoms. The van der Waals surface area contributed by atoms with Crippen LogP contribution in [0.1, 0.15) is 42.0 Å². The molecule has 4 aliphatic carbocycles. The van der Waals surface area contributed by atoms with Crippen LogP contribution in [0, 0.1) is 17.7 Å². The fourth-order valence-corrected chi connectivity index (χ4v) is 6.30. The van der Waals surface area contributed by atoms with Crippen molar-refractivity contribution in [2.75, 3.05) is 6.54 Å².